The molecule has 0 radical (unpaired) electrons. The second kappa shape index (κ2) is 12.8. The van der Waals surface area contributed by atoms with Gasteiger partial charge in [0.25, 0.3) is 0 Å². The van der Waals surface area contributed by atoms with E-state index in [0.717, 1.165) is 26.3 Å². The lowest BCUT2D eigenvalue weighted by Gasteiger charge is -2.10. The highest BCUT2D eigenvalue weighted by Gasteiger charge is 1.92. The summed E-state index contributed by atoms with van der Waals surface area (Å²) in [5, 5.41) is 19.8. The van der Waals surface area contributed by atoms with Gasteiger partial charge in [0.05, 0.1) is 13.2 Å². The molecule has 0 atom stereocenters. The molecular weight excluding hydrogens is 166 g/mol. The molecule has 0 saturated carbocycles. The molecule has 0 aromatic carbocycles. The van der Waals surface area contributed by atoms with E-state index in [4.69, 9.17) is 19.7 Å². The van der Waals surface area contributed by atoms with Gasteiger partial charge in [-0.2, -0.15) is 0 Å². The zero-order valence-corrected chi connectivity index (χ0v) is 7.46. The molecular formula is C5H17N3O4. The van der Waals surface area contributed by atoms with E-state index in [2.05, 4.69) is 5.32 Å². The van der Waals surface area contributed by atoms with Crippen molar-refractivity contribution in [3.8, 4) is 0 Å². The molecule has 1 saturated heterocycles. The maximum absolute atomic E-state index is 8.33. The summed E-state index contributed by atoms with van der Waals surface area (Å²) >= 11 is 0. The van der Waals surface area contributed by atoms with E-state index < -0.39 is 6.16 Å². The van der Waals surface area contributed by atoms with Crippen molar-refractivity contribution in [3.63, 3.8) is 0 Å². The second-order valence-corrected chi connectivity index (χ2v) is 1.61. The van der Waals surface area contributed by atoms with Crippen LogP contribution in [-0.2, 0) is 4.74 Å². The number of carbonyl (C=O) groups is 1. The van der Waals surface area contributed by atoms with Gasteiger partial charge in [0.2, 0.25) is 0 Å². The van der Waals surface area contributed by atoms with E-state index in [9.17, 15) is 0 Å². The maximum atomic E-state index is 8.33. The highest BCUT2D eigenvalue weighted by atomic mass is 16.6. The minimum absolute atomic E-state index is 0. The fraction of sp³-hybridized carbons (Fsp3) is 0.800. The first-order chi connectivity index (χ1) is 4.73. The first kappa shape index (κ1) is 17.3. The third-order valence-corrected chi connectivity index (χ3v) is 0.846. The van der Waals surface area contributed by atoms with Crippen LogP contribution in [0.1, 0.15) is 0 Å². The Hall–Kier alpha value is -0.890. The van der Waals surface area contributed by atoms with Gasteiger partial charge in [-0.05, 0) is 6.16 Å². The number of carbonyl (C=O) groups excluding carboxylic acids is 1. The van der Waals surface area contributed by atoms with E-state index in [-0.39, 0.29) is 12.3 Å². The van der Waals surface area contributed by atoms with Gasteiger partial charge >= 0.3 is 0 Å². The Kier molecular flexibility index (Phi) is 18.4. The van der Waals surface area contributed by atoms with Crippen LogP contribution in [0, 0.1) is 0 Å². The minimum Gasteiger partial charge on any atom is -0.652 e. The minimum atomic E-state index is -2.33. The summed E-state index contributed by atoms with van der Waals surface area (Å²) in [6, 6.07) is 0. The van der Waals surface area contributed by atoms with Gasteiger partial charge in [-0.1, -0.05) is 0 Å². The van der Waals surface area contributed by atoms with Gasteiger partial charge < -0.3 is 37.4 Å². The standard InChI is InChI=1S/C4H9NO.CH2O3.2H3N/c1-3-6-4-2-5-1;2-1(3)4;;/h5H,1-4H2;(H2,2,3,4);2*1H3. The molecule has 0 aromatic rings. The predicted octanol–water partition coefficient (Wildman–Crippen LogP) is -2.09. The van der Waals surface area contributed by atoms with Crippen LogP contribution in [0.4, 0.5) is 4.79 Å². The largest absolute Gasteiger partial charge is 0.652 e. The lowest BCUT2D eigenvalue weighted by Crippen LogP contribution is -2.37. The van der Waals surface area contributed by atoms with Gasteiger partial charge in [0.15, 0.2) is 0 Å². The summed E-state index contributed by atoms with van der Waals surface area (Å²) in [7, 11) is 0. The Morgan fingerprint density at radius 1 is 1.17 bits per heavy atom. The molecule has 1 rings (SSSR count). The highest BCUT2D eigenvalue weighted by molar-refractivity contribution is 5.47. The molecule has 0 unspecified atom stereocenters. The predicted molar refractivity (Wildman–Crippen MR) is 41.1 cm³/mol. The van der Waals surface area contributed by atoms with Crippen molar-refractivity contribution in [2.75, 3.05) is 26.3 Å². The number of quaternary nitrogens is 2. The van der Waals surface area contributed by atoms with E-state index >= 15 is 0 Å². The lowest BCUT2D eigenvalue weighted by atomic mass is 10.5. The topological polar surface area (TPSA) is 157 Å². The Balaban J connectivity index is -0.000000124. The van der Waals surface area contributed by atoms with Crippen molar-refractivity contribution >= 4 is 6.16 Å². The van der Waals surface area contributed by atoms with Gasteiger partial charge in [-0.3, -0.25) is 0 Å². The Labute approximate surface area is 70.9 Å². The monoisotopic (exact) mass is 183 g/mol. The summed E-state index contributed by atoms with van der Waals surface area (Å²) in [5.41, 5.74) is 0. The van der Waals surface area contributed by atoms with Gasteiger partial charge in [0.1, 0.15) is 0 Å². The van der Waals surface area contributed by atoms with Crippen LogP contribution in [-0.4, -0.2) is 32.5 Å². The maximum Gasteiger partial charge on any atom is 0.0591 e. The van der Waals surface area contributed by atoms with Crippen molar-refractivity contribution in [2.45, 2.75) is 0 Å². The Bertz CT molecular complexity index is 81.2. The van der Waals surface area contributed by atoms with Crippen molar-refractivity contribution in [1.82, 2.24) is 17.6 Å². The molecule has 1 aliphatic heterocycles. The molecule has 9 N–H and O–H groups in total. The summed E-state index contributed by atoms with van der Waals surface area (Å²) in [5.74, 6) is 0. The molecule has 0 aromatic heterocycles. The molecule has 0 amide bonds. The van der Waals surface area contributed by atoms with Crippen molar-refractivity contribution in [1.29, 1.82) is 0 Å². The molecule has 0 spiro atoms. The van der Waals surface area contributed by atoms with E-state index in [0.29, 0.717) is 0 Å². The van der Waals surface area contributed by atoms with Crippen molar-refractivity contribution < 1.29 is 19.7 Å². The Morgan fingerprint density at radius 2 is 1.50 bits per heavy atom. The molecule has 7 heteroatoms. The van der Waals surface area contributed by atoms with E-state index in [1.807, 2.05) is 0 Å². The normalized spacial score (nSPS) is 14.0. The van der Waals surface area contributed by atoms with Crippen LogP contribution < -0.4 is 27.8 Å². The van der Waals surface area contributed by atoms with Crippen molar-refractivity contribution in [3.05, 3.63) is 0 Å². The fourth-order valence-corrected chi connectivity index (χ4v) is 0.516. The van der Waals surface area contributed by atoms with Gasteiger partial charge in [0, 0.05) is 13.1 Å². The summed E-state index contributed by atoms with van der Waals surface area (Å²) in [6.45, 7) is 3.83. The van der Waals surface area contributed by atoms with E-state index in [1.165, 1.54) is 0 Å². The van der Waals surface area contributed by atoms with Crippen molar-refractivity contribution in [2.24, 2.45) is 0 Å². The zero-order valence-electron chi connectivity index (χ0n) is 7.46. The van der Waals surface area contributed by atoms with Crippen LogP contribution in [0.15, 0.2) is 0 Å². The first-order valence-electron chi connectivity index (χ1n) is 2.90. The molecule has 1 aliphatic rings. The second-order valence-electron chi connectivity index (χ2n) is 1.61. The average Bonchev–Trinajstić information content (AvgIpc) is 1.90. The molecule has 1 heterocycles. The summed E-state index contributed by atoms with van der Waals surface area (Å²) < 4.78 is 5.01. The van der Waals surface area contributed by atoms with Gasteiger partial charge in [-0.25, -0.2) is 0 Å². The average molecular weight is 183 g/mol. The van der Waals surface area contributed by atoms with Crippen LogP contribution in [0.2, 0.25) is 0 Å². The van der Waals surface area contributed by atoms with Crippen LogP contribution in [0.5, 0.6) is 0 Å². The summed E-state index contributed by atoms with van der Waals surface area (Å²) in [4.78, 5) is 8.33. The smallest absolute Gasteiger partial charge is 0.0591 e. The third-order valence-electron chi connectivity index (χ3n) is 0.846. The number of rotatable bonds is 0. The number of morpholine rings is 1. The third kappa shape index (κ3) is 22.9. The number of hydrogen-bond acceptors (Lipinski definition) is 5. The SMILES string of the molecule is C1COCCN1.O=C([O-])[O-].[NH4+].[NH4+]. The number of nitrogens with one attached hydrogen (secondary N) is 1. The zero-order chi connectivity index (χ0) is 7.82. The lowest BCUT2D eigenvalue weighted by molar-refractivity contribution is -0.415. The van der Waals surface area contributed by atoms with E-state index in [1.54, 1.807) is 0 Å². The van der Waals surface area contributed by atoms with Crippen LogP contribution in [0.3, 0.4) is 0 Å². The summed E-state index contributed by atoms with van der Waals surface area (Å²) in [6.07, 6.45) is -2.33. The van der Waals surface area contributed by atoms with Crippen LogP contribution in [0.25, 0.3) is 0 Å². The molecule has 76 valence electrons. The fourth-order valence-electron chi connectivity index (χ4n) is 0.516. The highest BCUT2D eigenvalue weighted by Crippen LogP contribution is 1.76. The molecule has 0 bridgehead atoms. The number of carboxylic acid groups (broad SMARTS) is 2. The quantitative estimate of drug-likeness (QED) is 0.392. The molecule has 0 aliphatic carbocycles. The first-order valence-corrected chi connectivity index (χ1v) is 2.90. The number of ether oxygens (including phenoxy) is 1. The Morgan fingerprint density at radius 3 is 1.58 bits per heavy atom. The molecule has 1 fully saturated rings. The van der Waals surface area contributed by atoms with Crippen LogP contribution >= 0.6 is 0 Å². The molecule has 7 nitrogen and oxygen atoms in total. The number of hydrogen-bond donors (Lipinski definition) is 3. The molecule has 12 heavy (non-hydrogen) atoms. The van der Waals surface area contributed by atoms with Gasteiger partial charge in [-0.15, -0.1) is 0 Å².